The lowest BCUT2D eigenvalue weighted by atomic mass is 9.82. The molecule has 1 atom stereocenters. The minimum absolute atomic E-state index is 0.137. The molecule has 0 amide bonds. The van der Waals surface area contributed by atoms with Crippen molar-refractivity contribution in [3.8, 4) is 0 Å². The van der Waals surface area contributed by atoms with Crippen LogP contribution >= 0.6 is 0 Å². The second-order valence-electron chi connectivity index (χ2n) is 5.80. The predicted octanol–water partition coefficient (Wildman–Crippen LogP) is 6.69. The molecule has 0 fully saturated rings. The summed E-state index contributed by atoms with van der Waals surface area (Å²) in [6.07, 6.45) is 16.2. The van der Waals surface area contributed by atoms with Gasteiger partial charge in [0.05, 0.1) is 0 Å². The van der Waals surface area contributed by atoms with Crippen LogP contribution in [0.1, 0.15) is 34.1 Å². The summed E-state index contributed by atoms with van der Waals surface area (Å²) in [4.78, 5) is 2.19. The lowest BCUT2D eigenvalue weighted by Gasteiger charge is -2.23. The summed E-state index contributed by atoms with van der Waals surface area (Å²) in [7, 11) is 2.09. The molecule has 0 heterocycles. The number of rotatable bonds is 5. The van der Waals surface area contributed by atoms with Crippen LogP contribution in [0.5, 0.6) is 0 Å². The summed E-state index contributed by atoms with van der Waals surface area (Å²) in [5.74, 6) is 0. The summed E-state index contributed by atoms with van der Waals surface area (Å²) in [5, 5.41) is 0. The third kappa shape index (κ3) is 5.13. The topological polar surface area (TPSA) is 3.24 Å². The Bertz CT molecular complexity index is 631. The highest BCUT2D eigenvalue weighted by Crippen LogP contribution is 2.33. The molecule has 0 spiro atoms. The number of hydrogen-bond donors (Lipinski definition) is 0. The Kier molecular flexibility index (Phi) is 8.05. The van der Waals surface area contributed by atoms with Gasteiger partial charge in [-0.3, -0.25) is 0 Å². The Morgan fingerprint density at radius 3 is 2.46 bits per heavy atom. The highest BCUT2D eigenvalue weighted by Gasteiger charge is 2.21. The predicted molar refractivity (Wildman–Crippen MR) is 109 cm³/mol. The maximum absolute atomic E-state index is 4.23. The Balaban J connectivity index is 0.00000139. The van der Waals surface area contributed by atoms with Gasteiger partial charge in [0.15, 0.2) is 0 Å². The molecule has 1 aliphatic carbocycles. The molecular formula is C23H31N. The van der Waals surface area contributed by atoms with E-state index < -0.39 is 0 Å². The molecular weight excluding hydrogens is 290 g/mol. The van der Waals surface area contributed by atoms with Gasteiger partial charge in [-0.2, -0.15) is 0 Å². The van der Waals surface area contributed by atoms with Gasteiger partial charge in [-0.05, 0) is 43.2 Å². The number of likely N-dealkylation sites (N-methyl/N-ethyl adjacent to an activating group) is 1. The van der Waals surface area contributed by atoms with Crippen LogP contribution in [0.3, 0.4) is 0 Å². The number of anilines is 1. The van der Waals surface area contributed by atoms with E-state index in [1.54, 1.807) is 0 Å². The third-order valence-electron chi connectivity index (χ3n) is 4.09. The maximum atomic E-state index is 4.23. The Morgan fingerprint density at radius 2 is 1.83 bits per heavy atom. The van der Waals surface area contributed by atoms with Crippen molar-refractivity contribution in [2.24, 2.45) is 5.41 Å². The van der Waals surface area contributed by atoms with Crippen LogP contribution < -0.4 is 4.90 Å². The highest BCUT2D eigenvalue weighted by atomic mass is 15.1. The molecule has 24 heavy (non-hydrogen) atoms. The SMILES string of the molecule is C=C(/C=C\CC)C1(C)C=CC=C(N(C)c2ccccc2)C=C1.CC. The summed E-state index contributed by atoms with van der Waals surface area (Å²) < 4.78 is 0. The van der Waals surface area contributed by atoms with Crippen molar-refractivity contribution in [3.05, 3.63) is 90.7 Å². The van der Waals surface area contributed by atoms with Gasteiger partial charge in [0.2, 0.25) is 0 Å². The summed E-state index contributed by atoms with van der Waals surface area (Å²) in [6.45, 7) is 12.6. The minimum atomic E-state index is -0.137. The van der Waals surface area contributed by atoms with Gasteiger partial charge < -0.3 is 4.90 Å². The first-order valence-corrected chi connectivity index (χ1v) is 8.80. The fourth-order valence-corrected chi connectivity index (χ4v) is 2.39. The smallest absolute Gasteiger partial charge is 0.0408 e. The van der Waals surface area contributed by atoms with Crippen molar-refractivity contribution >= 4 is 5.69 Å². The zero-order chi connectivity index (χ0) is 18.0. The molecule has 0 saturated carbocycles. The maximum Gasteiger partial charge on any atom is 0.0408 e. The summed E-state index contributed by atoms with van der Waals surface area (Å²) in [6, 6.07) is 10.4. The molecule has 1 unspecified atom stereocenters. The van der Waals surface area contributed by atoms with Crippen molar-refractivity contribution < 1.29 is 0 Å². The van der Waals surface area contributed by atoms with Crippen LogP contribution in [0.4, 0.5) is 5.69 Å². The minimum Gasteiger partial charge on any atom is -0.345 e. The quantitative estimate of drug-likeness (QED) is 0.546. The van der Waals surface area contributed by atoms with E-state index in [-0.39, 0.29) is 5.41 Å². The molecule has 0 bridgehead atoms. The van der Waals surface area contributed by atoms with Crippen molar-refractivity contribution in [2.45, 2.75) is 34.1 Å². The Hall–Kier alpha value is -2.28. The van der Waals surface area contributed by atoms with Crippen molar-refractivity contribution in [1.29, 1.82) is 0 Å². The summed E-state index contributed by atoms with van der Waals surface area (Å²) in [5.41, 5.74) is 3.32. The molecule has 0 N–H and O–H groups in total. The summed E-state index contributed by atoms with van der Waals surface area (Å²) >= 11 is 0. The van der Waals surface area contributed by atoms with E-state index in [1.807, 2.05) is 19.9 Å². The largest absolute Gasteiger partial charge is 0.345 e. The van der Waals surface area contributed by atoms with Gasteiger partial charge in [-0.25, -0.2) is 0 Å². The molecule has 0 radical (unpaired) electrons. The van der Waals surface area contributed by atoms with Crippen LogP contribution in [0.25, 0.3) is 0 Å². The molecule has 1 aliphatic rings. The average molecular weight is 322 g/mol. The first kappa shape index (κ1) is 19.8. The van der Waals surface area contributed by atoms with Crippen molar-refractivity contribution in [3.63, 3.8) is 0 Å². The molecule has 1 heteroatoms. The normalized spacial score (nSPS) is 19.3. The fourth-order valence-electron chi connectivity index (χ4n) is 2.39. The molecule has 0 saturated heterocycles. The lowest BCUT2D eigenvalue weighted by Crippen LogP contribution is -2.15. The molecule has 1 nitrogen and oxygen atoms in total. The van der Waals surface area contributed by atoms with E-state index in [2.05, 4.69) is 99.2 Å². The number of hydrogen-bond acceptors (Lipinski definition) is 1. The molecule has 0 aromatic heterocycles. The van der Waals surface area contributed by atoms with Crippen LogP contribution in [-0.4, -0.2) is 7.05 Å². The third-order valence-corrected chi connectivity index (χ3v) is 4.09. The van der Waals surface area contributed by atoms with Crippen LogP contribution in [0, 0.1) is 5.41 Å². The Labute approximate surface area is 148 Å². The van der Waals surface area contributed by atoms with E-state index >= 15 is 0 Å². The monoisotopic (exact) mass is 321 g/mol. The number of allylic oxidation sites excluding steroid dienone is 8. The lowest BCUT2D eigenvalue weighted by molar-refractivity contribution is 0.684. The fraction of sp³-hybridized carbons (Fsp3) is 0.304. The number of benzene rings is 1. The van der Waals surface area contributed by atoms with E-state index in [9.17, 15) is 0 Å². The first-order chi connectivity index (χ1) is 11.6. The van der Waals surface area contributed by atoms with Gasteiger partial charge in [0, 0.05) is 23.8 Å². The molecule has 0 aliphatic heterocycles. The van der Waals surface area contributed by atoms with Gasteiger partial charge in [0.1, 0.15) is 0 Å². The zero-order valence-electron chi connectivity index (χ0n) is 15.8. The van der Waals surface area contributed by atoms with E-state index in [1.165, 1.54) is 11.4 Å². The molecule has 1 aromatic carbocycles. The van der Waals surface area contributed by atoms with E-state index in [4.69, 9.17) is 0 Å². The van der Waals surface area contributed by atoms with Gasteiger partial charge >= 0.3 is 0 Å². The van der Waals surface area contributed by atoms with Crippen molar-refractivity contribution in [1.82, 2.24) is 0 Å². The molecule has 1 aromatic rings. The van der Waals surface area contributed by atoms with E-state index in [0.29, 0.717) is 0 Å². The van der Waals surface area contributed by atoms with Crippen LogP contribution in [0.2, 0.25) is 0 Å². The first-order valence-electron chi connectivity index (χ1n) is 8.80. The van der Waals surface area contributed by atoms with Crippen LogP contribution in [0.15, 0.2) is 90.7 Å². The average Bonchev–Trinajstić information content (AvgIpc) is 2.84. The second kappa shape index (κ2) is 9.77. The van der Waals surface area contributed by atoms with Crippen molar-refractivity contribution in [2.75, 3.05) is 11.9 Å². The van der Waals surface area contributed by atoms with Crippen LogP contribution in [-0.2, 0) is 0 Å². The standard InChI is InChI=1S/C21H25N.C2H6/c1-5-6-11-18(2)21(3)16-10-14-20(15-17-21)22(4)19-12-8-7-9-13-19;1-2/h6-17H,2,5H2,1,3-4H3;1-2H3/b11-6-;. The van der Waals surface area contributed by atoms with Gasteiger partial charge in [-0.1, -0.05) is 75.9 Å². The number of nitrogens with zero attached hydrogens (tertiary/aromatic N) is 1. The second-order valence-corrected chi connectivity index (χ2v) is 5.80. The number of para-hydroxylation sites is 1. The van der Waals surface area contributed by atoms with Gasteiger partial charge in [0.25, 0.3) is 0 Å². The van der Waals surface area contributed by atoms with Gasteiger partial charge in [-0.15, -0.1) is 0 Å². The van der Waals surface area contributed by atoms with E-state index in [0.717, 1.165) is 12.0 Å². The molecule has 2 rings (SSSR count). The highest BCUT2D eigenvalue weighted by molar-refractivity contribution is 5.55. The zero-order valence-corrected chi connectivity index (χ0v) is 15.8. The Morgan fingerprint density at radius 1 is 1.17 bits per heavy atom. The molecule has 128 valence electrons.